The number of hydrogen-bond donors (Lipinski definition) is 0. The Morgan fingerprint density at radius 2 is 1.50 bits per heavy atom. The molecule has 0 aliphatic heterocycles. The van der Waals surface area contributed by atoms with Gasteiger partial charge in [-0.05, 0) is 31.6 Å². The lowest BCUT2D eigenvalue weighted by atomic mass is 10.2. The summed E-state index contributed by atoms with van der Waals surface area (Å²) in [6.07, 6.45) is 6.15. The van der Waals surface area contributed by atoms with Crippen molar-refractivity contribution >= 4 is 8.56 Å². The van der Waals surface area contributed by atoms with Crippen LogP contribution in [-0.2, 0) is 4.43 Å². The third kappa shape index (κ3) is 6.28. The molecule has 0 amide bonds. The fourth-order valence-electron chi connectivity index (χ4n) is 2.22. The van der Waals surface area contributed by atoms with Crippen LogP contribution >= 0.6 is 0 Å². The highest BCUT2D eigenvalue weighted by atomic mass is 28.4. The summed E-state index contributed by atoms with van der Waals surface area (Å²) in [7, 11) is 0.992. The molecule has 1 rings (SSSR count). The molecular formula is C17H30O4Si. The normalized spacial score (nSPS) is 11.3. The molecule has 22 heavy (non-hydrogen) atoms. The van der Waals surface area contributed by atoms with E-state index < -0.39 is 8.56 Å². The van der Waals surface area contributed by atoms with Crippen molar-refractivity contribution in [3.63, 3.8) is 0 Å². The first-order valence-corrected chi connectivity index (χ1v) is 10.9. The van der Waals surface area contributed by atoms with Crippen molar-refractivity contribution in [1.29, 1.82) is 0 Å². The zero-order valence-electron chi connectivity index (χ0n) is 14.6. The van der Waals surface area contributed by atoms with Crippen molar-refractivity contribution in [2.75, 3.05) is 20.8 Å². The number of hydrogen-bond acceptors (Lipinski definition) is 4. The van der Waals surface area contributed by atoms with E-state index in [2.05, 4.69) is 6.92 Å². The average Bonchev–Trinajstić information content (AvgIpc) is 2.50. The van der Waals surface area contributed by atoms with Gasteiger partial charge in [-0.25, -0.2) is 0 Å². The quantitative estimate of drug-likeness (QED) is 0.433. The molecule has 1 aromatic rings. The molecule has 0 heterocycles. The van der Waals surface area contributed by atoms with Gasteiger partial charge in [0, 0.05) is 6.61 Å². The van der Waals surface area contributed by atoms with E-state index >= 15 is 0 Å². The average molecular weight is 327 g/mol. The highest BCUT2D eigenvalue weighted by molar-refractivity contribution is 6.65. The molecule has 0 spiro atoms. The van der Waals surface area contributed by atoms with Crippen molar-refractivity contribution in [2.24, 2.45) is 0 Å². The van der Waals surface area contributed by atoms with E-state index in [1.54, 1.807) is 14.2 Å². The van der Waals surface area contributed by atoms with Crippen molar-refractivity contribution in [3.8, 4) is 17.2 Å². The summed E-state index contributed by atoms with van der Waals surface area (Å²) in [4.78, 5) is 0. The van der Waals surface area contributed by atoms with Crippen LogP contribution < -0.4 is 13.9 Å². The summed E-state index contributed by atoms with van der Waals surface area (Å²) < 4.78 is 22.9. The lowest BCUT2D eigenvalue weighted by Crippen LogP contribution is -2.38. The number of benzene rings is 1. The molecule has 1 aromatic carbocycles. The molecule has 0 bridgehead atoms. The van der Waals surface area contributed by atoms with Crippen molar-refractivity contribution in [3.05, 3.63) is 18.2 Å². The van der Waals surface area contributed by atoms with E-state index in [0.717, 1.165) is 13.0 Å². The van der Waals surface area contributed by atoms with Gasteiger partial charge in [0.15, 0.2) is 17.2 Å². The Morgan fingerprint density at radius 1 is 0.909 bits per heavy atom. The second kappa shape index (κ2) is 9.74. The van der Waals surface area contributed by atoms with E-state index in [1.165, 1.54) is 25.7 Å². The molecule has 0 aliphatic carbocycles. The number of ether oxygens (including phenoxy) is 2. The zero-order valence-corrected chi connectivity index (χ0v) is 15.6. The molecule has 0 N–H and O–H groups in total. The minimum atomic E-state index is -2.27. The van der Waals surface area contributed by atoms with Gasteiger partial charge < -0.3 is 18.3 Å². The van der Waals surface area contributed by atoms with E-state index in [9.17, 15) is 0 Å². The maximum Gasteiger partial charge on any atom is 0.392 e. The van der Waals surface area contributed by atoms with Crippen LogP contribution in [0.5, 0.6) is 17.2 Å². The summed E-state index contributed by atoms with van der Waals surface area (Å²) in [6, 6.07) is 5.62. The molecule has 5 heteroatoms. The lowest BCUT2D eigenvalue weighted by molar-refractivity contribution is 0.234. The third-order valence-electron chi connectivity index (χ3n) is 3.43. The van der Waals surface area contributed by atoms with E-state index in [4.69, 9.17) is 18.3 Å². The molecule has 0 unspecified atom stereocenters. The topological polar surface area (TPSA) is 36.9 Å². The zero-order chi connectivity index (χ0) is 16.4. The number of unbranched alkanes of at least 4 members (excludes halogenated alkanes) is 4. The molecule has 0 aliphatic rings. The molecule has 0 aromatic heterocycles. The summed E-state index contributed by atoms with van der Waals surface area (Å²) in [5.74, 6) is 1.98. The number of methoxy groups -OCH3 is 2. The number of rotatable bonds is 11. The Labute approximate surface area is 136 Å². The van der Waals surface area contributed by atoms with E-state index in [0.29, 0.717) is 17.2 Å². The minimum Gasteiger partial charge on any atom is -0.515 e. The van der Waals surface area contributed by atoms with Gasteiger partial charge in [0.1, 0.15) is 0 Å². The highest BCUT2D eigenvalue weighted by Crippen LogP contribution is 2.38. The van der Waals surface area contributed by atoms with Crippen LogP contribution in [0.2, 0.25) is 13.1 Å². The van der Waals surface area contributed by atoms with Gasteiger partial charge in [0.25, 0.3) is 0 Å². The SMILES string of the molecule is CCCCCCCO[Si](C)(C)Oc1c(OC)cccc1OC. The molecule has 126 valence electrons. The third-order valence-corrected chi connectivity index (χ3v) is 5.02. The van der Waals surface area contributed by atoms with Gasteiger partial charge in [-0.15, -0.1) is 0 Å². The first kappa shape index (κ1) is 18.8. The van der Waals surface area contributed by atoms with Crippen LogP contribution in [-0.4, -0.2) is 29.4 Å². The highest BCUT2D eigenvalue weighted by Gasteiger charge is 2.29. The number of para-hydroxylation sites is 1. The summed E-state index contributed by atoms with van der Waals surface area (Å²) in [6.45, 7) is 7.07. The summed E-state index contributed by atoms with van der Waals surface area (Å²) in [5.41, 5.74) is 0. The van der Waals surface area contributed by atoms with Crippen LogP contribution in [0.1, 0.15) is 39.0 Å². The largest absolute Gasteiger partial charge is 0.515 e. The van der Waals surface area contributed by atoms with Gasteiger partial charge in [0.05, 0.1) is 14.2 Å². The van der Waals surface area contributed by atoms with E-state index in [-0.39, 0.29) is 0 Å². The molecule has 0 atom stereocenters. The fourth-order valence-corrected chi connectivity index (χ4v) is 3.60. The monoisotopic (exact) mass is 326 g/mol. The van der Waals surface area contributed by atoms with Gasteiger partial charge in [-0.2, -0.15) is 0 Å². The summed E-state index contributed by atoms with van der Waals surface area (Å²) in [5, 5.41) is 0. The minimum absolute atomic E-state index is 0.634. The molecule has 0 radical (unpaired) electrons. The first-order chi connectivity index (χ1) is 10.5. The van der Waals surface area contributed by atoms with Crippen LogP contribution in [0.25, 0.3) is 0 Å². The molecular weight excluding hydrogens is 296 g/mol. The van der Waals surface area contributed by atoms with Crippen LogP contribution in [0.3, 0.4) is 0 Å². The van der Waals surface area contributed by atoms with Crippen molar-refractivity contribution in [2.45, 2.75) is 52.1 Å². The Hall–Kier alpha value is -1.20. The Morgan fingerprint density at radius 3 is 2.05 bits per heavy atom. The lowest BCUT2D eigenvalue weighted by Gasteiger charge is -2.26. The van der Waals surface area contributed by atoms with Gasteiger partial charge in [0.2, 0.25) is 0 Å². The Balaban J connectivity index is 2.56. The Kier molecular flexibility index (Phi) is 8.34. The second-order valence-corrected chi connectivity index (χ2v) is 9.05. The maximum atomic E-state index is 6.14. The molecule has 0 saturated heterocycles. The second-order valence-electron chi connectivity index (χ2n) is 5.76. The fraction of sp³-hybridized carbons (Fsp3) is 0.647. The summed E-state index contributed by atoms with van der Waals surface area (Å²) >= 11 is 0. The van der Waals surface area contributed by atoms with Crippen LogP contribution in [0.4, 0.5) is 0 Å². The first-order valence-electron chi connectivity index (χ1n) is 8.08. The van der Waals surface area contributed by atoms with Crippen LogP contribution in [0.15, 0.2) is 18.2 Å². The Bertz CT molecular complexity index is 412. The van der Waals surface area contributed by atoms with Crippen LogP contribution in [0, 0.1) is 0 Å². The van der Waals surface area contributed by atoms with Gasteiger partial charge in [-0.3, -0.25) is 0 Å². The van der Waals surface area contributed by atoms with Gasteiger partial charge in [-0.1, -0.05) is 38.7 Å². The smallest absolute Gasteiger partial charge is 0.392 e. The van der Waals surface area contributed by atoms with Gasteiger partial charge >= 0.3 is 8.56 Å². The maximum absolute atomic E-state index is 6.14. The van der Waals surface area contributed by atoms with Crippen molar-refractivity contribution in [1.82, 2.24) is 0 Å². The standard InChI is InChI=1S/C17H30O4Si/c1-6-7-8-9-10-14-20-22(4,5)21-17-15(18-2)12-11-13-16(17)19-3/h11-13H,6-10,14H2,1-5H3. The molecule has 4 nitrogen and oxygen atoms in total. The predicted molar refractivity (Wildman–Crippen MR) is 92.4 cm³/mol. The molecule has 0 fully saturated rings. The predicted octanol–water partition coefficient (Wildman–Crippen LogP) is 4.77. The van der Waals surface area contributed by atoms with E-state index in [1.807, 2.05) is 31.3 Å². The molecule has 0 saturated carbocycles. The van der Waals surface area contributed by atoms with Crippen molar-refractivity contribution < 1.29 is 18.3 Å².